The largest absolute Gasteiger partial charge is 0.370 e. The van der Waals surface area contributed by atoms with Gasteiger partial charge in [0.15, 0.2) is 0 Å². The number of amides is 3. The molecule has 4 rings (SSSR count). The van der Waals surface area contributed by atoms with E-state index >= 15 is 0 Å². The van der Waals surface area contributed by atoms with E-state index in [1.54, 1.807) is 0 Å². The van der Waals surface area contributed by atoms with Crippen LogP contribution in [0.25, 0.3) is 0 Å². The molecule has 1 aliphatic carbocycles. The molecular formula is C21H27N3O3. The van der Waals surface area contributed by atoms with Crippen molar-refractivity contribution in [2.45, 2.75) is 44.9 Å². The number of para-hydroxylation sites is 2. The second-order valence-corrected chi connectivity index (χ2v) is 7.84. The highest BCUT2D eigenvalue weighted by molar-refractivity contribution is 6.05. The summed E-state index contributed by atoms with van der Waals surface area (Å²) in [6.07, 6.45) is 6.13. The highest BCUT2D eigenvalue weighted by atomic mass is 16.2. The summed E-state index contributed by atoms with van der Waals surface area (Å²) >= 11 is 0. The van der Waals surface area contributed by atoms with Crippen LogP contribution in [0.2, 0.25) is 0 Å². The summed E-state index contributed by atoms with van der Waals surface area (Å²) in [7, 11) is 0. The van der Waals surface area contributed by atoms with Crippen LogP contribution in [0.15, 0.2) is 24.3 Å². The Morgan fingerprint density at radius 3 is 2.26 bits per heavy atom. The van der Waals surface area contributed by atoms with Crippen LogP contribution in [0.4, 0.5) is 11.4 Å². The molecule has 2 saturated heterocycles. The fraction of sp³-hybridized carbons (Fsp3) is 0.571. The van der Waals surface area contributed by atoms with E-state index in [1.165, 1.54) is 17.7 Å². The first kappa shape index (κ1) is 18.0. The molecule has 0 unspecified atom stereocenters. The van der Waals surface area contributed by atoms with Gasteiger partial charge in [0.2, 0.25) is 17.7 Å². The molecule has 0 bridgehead atoms. The maximum atomic E-state index is 12.5. The highest BCUT2D eigenvalue weighted by Crippen LogP contribution is 2.38. The van der Waals surface area contributed by atoms with E-state index in [2.05, 4.69) is 10.2 Å². The molecule has 1 saturated carbocycles. The molecule has 1 aromatic rings. The minimum atomic E-state index is -0.155. The molecular weight excluding hydrogens is 342 g/mol. The van der Waals surface area contributed by atoms with E-state index in [-0.39, 0.29) is 42.5 Å². The summed E-state index contributed by atoms with van der Waals surface area (Å²) in [6, 6.07) is 7.82. The Morgan fingerprint density at radius 1 is 0.963 bits per heavy atom. The van der Waals surface area contributed by atoms with E-state index < -0.39 is 0 Å². The van der Waals surface area contributed by atoms with Crippen LogP contribution < -0.4 is 10.2 Å². The smallest absolute Gasteiger partial charge is 0.233 e. The van der Waals surface area contributed by atoms with Gasteiger partial charge in [-0.1, -0.05) is 25.0 Å². The van der Waals surface area contributed by atoms with E-state index in [9.17, 15) is 14.4 Å². The Hall–Kier alpha value is -2.37. The van der Waals surface area contributed by atoms with Crippen LogP contribution in [0.3, 0.4) is 0 Å². The first-order chi connectivity index (χ1) is 13.1. The molecule has 6 nitrogen and oxygen atoms in total. The molecule has 0 spiro atoms. The van der Waals surface area contributed by atoms with Crippen molar-refractivity contribution < 1.29 is 14.4 Å². The molecule has 1 aromatic carbocycles. The van der Waals surface area contributed by atoms with Gasteiger partial charge in [0.1, 0.15) is 0 Å². The number of likely N-dealkylation sites (tertiary alicyclic amines) is 1. The van der Waals surface area contributed by atoms with Crippen molar-refractivity contribution in [1.29, 1.82) is 0 Å². The van der Waals surface area contributed by atoms with E-state index in [0.717, 1.165) is 50.1 Å². The highest BCUT2D eigenvalue weighted by Gasteiger charge is 2.47. The van der Waals surface area contributed by atoms with Crippen molar-refractivity contribution >= 4 is 29.1 Å². The summed E-state index contributed by atoms with van der Waals surface area (Å²) in [4.78, 5) is 41.1. The van der Waals surface area contributed by atoms with Crippen LogP contribution >= 0.6 is 0 Å². The lowest BCUT2D eigenvalue weighted by molar-refractivity contribution is -0.140. The van der Waals surface area contributed by atoms with Gasteiger partial charge in [-0.2, -0.15) is 0 Å². The topological polar surface area (TPSA) is 69.7 Å². The minimum absolute atomic E-state index is 0.0741. The molecule has 2 atom stereocenters. The van der Waals surface area contributed by atoms with Gasteiger partial charge in [0.05, 0.1) is 23.2 Å². The lowest BCUT2D eigenvalue weighted by atomic mass is 9.81. The van der Waals surface area contributed by atoms with Gasteiger partial charge in [-0.05, 0) is 37.8 Å². The fourth-order valence-corrected chi connectivity index (χ4v) is 4.69. The molecule has 6 heteroatoms. The number of carbonyl (C=O) groups excluding carboxylic acids is 3. The number of imide groups is 1. The zero-order valence-corrected chi connectivity index (χ0v) is 15.7. The molecule has 1 N–H and O–H groups in total. The van der Waals surface area contributed by atoms with Crippen molar-refractivity contribution in [3.05, 3.63) is 24.3 Å². The number of nitrogens with zero attached hydrogens (tertiary/aromatic N) is 2. The second-order valence-electron chi connectivity index (χ2n) is 7.84. The van der Waals surface area contributed by atoms with Gasteiger partial charge in [-0.15, -0.1) is 0 Å². The second kappa shape index (κ2) is 7.71. The SMILES string of the molecule is O=C(CCN1C(=O)[C@H]2CCCC[C@H]2C1=O)Nc1ccccc1N1CCCC1. The summed E-state index contributed by atoms with van der Waals surface area (Å²) in [5.41, 5.74) is 1.85. The molecule has 0 aromatic heterocycles. The first-order valence-electron chi connectivity index (χ1n) is 10.1. The number of hydrogen-bond acceptors (Lipinski definition) is 4. The van der Waals surface area contributed by atoms with Gasteiger partial charge in [-0.25, -0.2) is 0 Å². The summed E-state index contributed by atoms with van der Waals surface area (Å²) in [5, 5.41) is 2.97. The Balaban J connectivity index is 1.37. The number of nitrogens with one attached hydrogen (secondary N) is 1. The van der Waals surface area contributed by atoms with Gasteiger partial charge >= 0.3 is 0 Å². The molecule has 144 valence electrons. The van der Waals surface area contributed by atoms with Gasteiger partial charge in [0, 0.05) is 26.1 Å². The van der Waals surface area contributed by atoms with Crippen molar-refractivity contribution in [3.8, 4) is 0 Å². The van der Waals surface area contributed by atoms with Crippen LogP contribution in [-0.2, 0) is 14.4 Å². The van der Waals surface area contributed by atoms with E-state index in [0.29, 0.717) is 0 Å². The third kappa shape index (κ3) is 3.57. The predicted molar refractivity (Wildman–Crippen MR) is 103 cm³/mol. The van der Waals surface area contributed by atoms with Gasteiger partial charge in [-0.3, -0.25) is 19.3 Å². The predicted octanol–water partition coefficient (Wildman–Crippen LogP) is 2.79. The van der Waals surface area contributed by atoms with Crippen molar-refractivity contribution in [3.63, 3.8) is 0 Å². The van der Waals surface area contributed by atoms with Crippen LogP contribution in [-0.4, -0.2) is 42.3 Å². The third-order valence-electron chi connectivity index (χ3n) is 6.12. The lowest BCUT2D eigenvalue weighted by Crippen LogP contribution is -2.34. The molecule has 0 radical (unpaired) electrons. The standard InChI is InChI=1S/C21H27N3O3/c25-19(22-17-9-3-4-10-18(17)23-12-5-6-13-23)11-14-24-20(26)15-7-1-2-8-16(15)21(24)27/h3-4,9-10,15-16H,1-2,5-8,11-14H2,(H,22,25)/t15-,16+. The number of hydrogen-bond donors (Lipinski definition) is 1. The molecule has 2 aliphatic heterocycles. The Bertz CT molecular complexity index is 718. The summed E-state index contributed by atoms with van der Waals surface area (Å²) < 4.78 is 0. The van der Waals surface area contributed by atoms with Crippen molar-refractivity contribution in [2.24, 2.45) is 11.8 Å². The fourth-order valence-electron chi connectivity index (χ4n) is 4.69. The number of fused-ring (bicyclic) bond motifs is 1. The van der Waals surface area contributed by atoms with Crippen molar-refractivity contribution in [2.75, 3.05) is 29.9 Å². The van der Waals surface area contributed by atoms with Crippen LogP contribution in [0.1, 0.15) is 44.9 Å². The summed E-state index contributed by atoms with van der Waals surface area (Å²) in [6.45, 7) is 2.20. The van der Waals surface area contributed by atoms with E-state index in [1.807, 2.05) is 24.3 Å². The third-order valence-corrected chi connectivity index (χ3v) is 6.12. The number of anilines is 2. The molecule has 3 fully saturated rings. The zero-order chi connectivity index (χ0) is 18.8. The normalized spacial score (nSPS) is 25.0. The monoisotopic (exact) mass is 369 g/mol. The first-order valence-corrected chi connectivity index (χ1v) is 10.1. The Labute approximate surface area is 159 Å². The molecule has 2 heterocycles. The number of rotatable bonds is 5. The number of benzene rings is 1. The summed E-state index contributed by atoms with van der Waals surface area (Å²) in [5.74, 6) is -0.600. The van der Waals surface area contributed by atoms with E-state index in [4.69, 9.17) is 0 Å². The quantitative estimate of drug-likeness (QED) is 0.811. The van der Waals surface area contributed by atoms with Crippen molar-refractivity contribution in [1.82, 2.24) is 4.90 Å². The maximum Gasteiger partial charge on any atom is 0.233 e. The zero-order valence-electron chi connectivity index (χ0n) is 15.7. The minimum Gasteiger partial charge on any atom is -0.370 e. The van der Waals surface area contributed by atoms with Gasteiger partial charge < -0.3 is 10.2 Å². The van der Waals surface area contributed by atoms with Crippen LogP contribution in [0.5, 0.6) is 0 Å². The molecule has 27 heavy (non-hydrogen) atoms. The van der Waals surface area contributed by atoms with Crippen LogP contribution in [0, 0.1) is 11.8 Å². The molecule has 3 aliphatic rings. The molecule has 3 amide bonds. The Kier molecular flexibility index (Phi) is 5.14. The van der Waals surface area contributed by atoms with Gasteiger partial charge in [0.25, 0.3) is 0 Å². The lowest BCUT2D eigenvalue weighted by Gasteiger charge is -2.21. The Morgan fingerprint density at radius 2 is 1.59 bits per heavy atom. The number of carbonyl (C=O) groups is 3. The average Bonchev–Trinajstić information content (AvgIpc) is 3.29. The average molecular weight is 369 g/mol. The maximum absolute atomic E-state index is 12.5.